The molecule has 2 aromatic heterocycles. The maximum atomic E-state index is 6.10. The van der Waals surface area contributed by atoms with E-state index < -0.39 is 0 Å². The lowest BCUT2D eigenvalue weighted by Gasteiger charge is -2.11. The van der Waals surface area contributed by atoms with Crippen LogP contribution in [0.15, 0.2) is 49.1 Å². The highest BCUT2D eigenvalue weighted by atomic mass is 16.7. The summed E-state index contributed by atoms with van der Waals surface area (Å²) in [5.41, 5.74) is 7.15. The summed E-state index contributed by atoms with van der Waals surface area (Å²) >= 11 is 0. The fraction of sp³-hybridized carbons (Fsp3) is 0.0625. The van der Waals surface area contributed by atoms with Crippen LogP contribution in [-0.4, -0.2) is 21.7 Å². The molecule has 0 saturated heterocycles. The average Bonchev–Trinajstić information content (AvgIpc) is 3.07. The molecule has 0 atom stereocenters. The summed E-state index contributed by atoms with van der Waals surface area (Å²) in [6.45, 7) is 0.220. The minimum Gasteiger partial charge on any atom is -0.454 e. The number of anilines is 3. The Morgan fingerprint density at radius 2 is 2.04 bits per heavy atom. The first-order valence-electron chi connectivity index (χ1n) is 7.14. The minimum absolute atomic E-state index is 0.220. The molecule has 8 nitrogen and oxygen atoms in total. The molecule has 0 fully saturated rings. The number of pyridine rings is 1. The molecule has 3 heterocycles. The van der Waals surface area contributed by atoms with E-state index in [1.807, 2.05) is 18.2 Å². The van der Waals surface area contributed by atoms with Gasteiger partial charge >= 0.3 is 0 Å². The molecule has 1 aliphatic rings. The first kappa shape index (κ1) is 14.1. The van der Waals surface area contributed by atoms with Gasteiger partial charge < -0.3 is 25.3 Å². The van der Waals surface area contributed by atoms with E-state index in [1.54, 1.807) is 24.5 Å². The van der Waals surface area contributed by atoms with Crippen LogP contribution in [0.5, 0.6) is 23.1 Å². The van der Waals surface area contributed by atoms with Gasteiger partial charge in [-0.2, -0.15) is 4.98 Å². The second-order valence-electron chi connectivity index (χ2n) is 4.92. The van der Waals surface area contributed by atoms with Gasteiger partial charge in [-0.3, -0.25) is 4.98 Å². The fourth-order valence-corrected chi connectivity index (χ4v) is 2.19. The van der Waals surface area contributed by atoms with E-state index in [4.69, 9.17) is 19.9 Å². The molecule has 0 aliphatic carbocycles. The maximum Gasteiger partial charge on any atom is 0.248 e. The molecule has 120 valence electrons. The Labute approximate surface area is 137 Å². The van der Waals surface area contributed by atoms with Crippen molar-refractivity contribution in [1.29, 1.82) is 0 Å². The van der Waals surface area contributed by atoms with Crippen LogP contribution in [0.4, 0.5) is 17.2 Å². The number of rotatable bonds is 4. The molecule has 0 bridgehead atoms. The van der Waals surface area contributed by atoms with Gasteiger partial charge in [0.05, 0.1) is 6.20 Å². The smallest absolute Gasteiger partial charge is 0.248 e. The van der Waals surface area contributed by atoms with E-state index in [-0.39, 0.29) is 12.7 Å². The van der Waals surface area contributed by atoms with Gasteiger partial charge in [0.15, 0.2) is 17.3 Å². The molecule has 0 spiro atoms. The number of nitrogen functional groups attached to an aromatic ring is 1. The summed E-state index contributed by atoms with van der Waals surface area (Å²) in [5, 5.41) is 3.12. The fourth-order valence-electron chi connectivity index (χ4n) is 2.19. The van der Waals surface area contributed by atoms with Crippen LogP contribution < -0.4 is 25.3 Å². The van der Waals surface area contributed by atoms with Crippen LogP contribution in [0.2, 0.25) is 0 Å². The molecular weight excluding hydrogens is 310 g/mol. The van der Waals surface area contributed by atoms with Crippen molar-refractivity contribution < 1.29 is 14.2 Å². The summed E-state index contributed by atoms with van der Waals surface area (Å²) in [7, 11) is 0. The van der Waals surface area contributed by atoms with Crippen molar-refractivity contribution in [2.24, 2.45) is 0 Å². The first-order valence-corrected chi connectivity index (χ1v) is 7.14. The Hall–Kier alpha value is -3.55. The van der Waals surface area contributed by atoms with Crippen molar-refractivity contribution in [1.82, 2.24) is 15.0 Å². The Balaban J connectivity index is 1.58. The predicted molar refractivity (Wildman–Crippen MR) is 86.6 cm³/mol. The van der Waals surface area contributed by atoms with Crippen molar-refractivity contribution in [3.8, 4) is 23.1 Å². The Morgan fingerprint density at radius 1 is 1.12 bits per heavy atom. The van der Waals surface area contributed by atoms with Gasteiger partial charge in [0.2, 0.25) is 12.7 Å². The second kappa shape index (κ2) is 5.92. The number of aromatic nitrogens is 3. The Morgan fingerprint density at radius 3 is 2.92 bits per heavy atom. The topological polar surface area (TPSA) is 104 Å². The SMILES string of the molecule is Nc1c(Nc2ccc3c(c2)OCO3)ncnc1Oc1cccnc1. The second-order valence-corrected chi connectivity index (χ2v) is 4.92. The van der Waals surface area contributed by atoms with Gasteiger partial charge in [-0.15, -0.1) is 0 Å². The predicted octanol–water partition coefficient (Wildman–Crippen LogP) is 2.72. The Kier molecular flexibility index (Phi) is 3.47. The molecular formula is C16H13N5O3. The number of ether oxygens (including phenoxy) is 3. The molecule has 0 radical (unpaired) electrons. The number of benzene rings is 1. The monoisotopic (exact) mass is 323 g/mol. The van der Waals surface area contributed by atoms with Gasteiger partial charge in [-0.1, -0.05) is 0 Å². The average molecular weight is 323 g/mol. The van der Waals surface area contributed by atoms with Gasteiger partial charge in [0, 0.05) is 18.0 Å². The van der Waals surface area contributed by atoms with E-state index in [0.717, 1.165) is 5.69 Å². The molecule has 24 heavy (non-hydrogen) atoms. The molecule has 0 unspecified atom stereocenters. The summed E-state index contributed by atoms with van der Waals surface area (Å²) in [4.78, 5) is 12.2. The lowest BCUT2D eigenvalue weighted by atomic mass is 10.2. The van der Waals surface area contributed by atoms with Crippen molar-refractivity contribution in [3.63, 3.8) is 0 Å². The number of fused-ring (bicyclic) bond motifs is 1. The molecule has 0 amide bonds. The first-order chi connectivity index (χ1) is 11.8. The third-order valence-corrected chi connectivity index (χ3v) is 3.33. The van der Waals surface area contributed by atoms with Gasteiger partial charge in [0.1, 0.15) is 17.8 Å². The lowest BCUT2D eigenvalue weighted by Crippen LogP contribution is -2.03. The number of nitrogens with one attached hydrogen (secondary N) is 1. The number of hydrogen-bond acceptors (Lipinski definition) is 8. The third-order valence-electron chi connectivity index (χ3n) is 3.33. The van der Waals surface area contributed by atoms with Crippen LogP contribution >= 0.6 is 0 Å². The summed E-state index contributed by atoms with van der Waals surface area (Å²) < 4.78 is 16.3. The summed E-state index contributed by atoms with van der Waals surface area (Å²) in [5.74, 6) is 2.59. The lowest BCUT2D eigenvalue weighted by molar-refractivity contribution is 0.174. The zero-order chi connectivity index (χ0) is 16.4. The zero-order valence-electron chi connectivity index (χ0n) is 12.5. The largest absolute Gasteiger partial charge is 0.454 e. The minimum atomic E-state index is 0.220. The highest BCUT2D eigenvalue weighted by molar-refractivity contribution is 5.73. The molecule has 8 heteroatoms. The van der Waals surface area contributed by atoms with E-state index in [9.17, 15) is 0 Å². The van der Waals surface area contributed by atoms with Crippen molar-refractivity contribution in [2.75, 3.05) is 17.8 Å². The van der Waals surface area contributed by atoms with Crippen molar-refractivity contribution >= 4 is 17.2 Å². The van der Waals surface area contributed by atoms with Crippen LogP contribution in [0.1, 0.15) is 0 Å². The van der Waals surface area contributed by atoms with Crippen LogP contribution in [0, 0.1) is 0 Å². The molecule has 0 saturated carbocycles. The maximum absolute atomic E-state index is 6.10. The molecule has 1 aromatic carbocycles. The van der Waals surface area contributed by atoms with E-state index in [2.05, 4.69) is 20.3 Å². The van der Waals surface area contributed by atoms with Gasteiger partial charge in [-0.25, -0.2) is 4.98 Å². The van der Waals surface area contributed by atoms with Crippen molar-refractivity contribution in [2.45, 2.75) is 0 Å². The molecule has 3 aromatic rings. The van der Waals surface area contributed by atoms with Crippen LogP contribution in [0.25, 0.3) is 0 Å². The van der Waals surface area contributed by atoms with Crippen LogP contribution in [0.3, 0.4) is 0 Å². The van der Waals surface area contributed by atoms with Crippen LogP contribution in [-0.2, 0) is 0 Å². The summed E-state index contributed by atoms with van der Waals surface area (Å²) in [6, 6.07) is 9.00. The van der Waals surface area contributed by atoms with E-state index >= 15 is 0 Å². The number of nitrogens with zero attached hydrogens (tertiary/aromatic N) is 3. The van der Waals surface area contributed by atoms with Gasteiger partial charge in [0.25, 0.3) is 0 Å². The number of nitrogens with two attached hydrogens (primary N) is 1. The Bertz CT molecular complexity index is 873. The highest BCUT2D eigenvalue weighted by Crippen LogP contribution is 2.36. The van der Waals surface area contributed by atoms with Crippen molar-refractivity contribution in [3.05, 3.63) is 49.1 Å². The number of hydrogen-bond donors (Lipinski definition) is 2. The normalized spacial score (nSPS) is 12.0. The highest BCUT2D eigenvalue weighted by Gasteiger charge is 2.15. The quantitative estimate of drug-likeness (QED) is 0.755. The molecule has 1 aliphatic heterocycles. The van der Waals surface area contributed by atoms with E-state index in [1.165, 1.54) is 6.33 Å². The standard InChI is InChI=1S/C16H13N5O3/c17-14-15(21-10-3-4-12-13(6-10)23-9-22-12)19-8-20-16(14)24-11-2-1-5-18-7-11/h1-8H,9,17H2,(H,19,20,21). The zero-order valence-corrected chi connectivity index (χ0v) is 12.5. The summed E-state index contributed by atoms with van der Waals surface area (Å²) in [6.07, 6.45) is 4.60. The molecule has 4 rings (SSSR count). The van der Waals surface area contributed by atoms with Gasteiger partial charge in [-0.05, 0) is 24.3 Å². The van der Waals surface area contributed by atoms with E-state index in [0.29, 0.717) is 28.8 Å². The molecule has 3 N–H and O–H groups in total. The third kappa shape index (κ3) is 2.72.